The van der Waals surface area contributed by atoms with Crippen molar-refractivity contribution >= 4 is 55.4 Å². The van der Waals surface area contributed by atoms with E-state index in [1.165, 1.54) is 23.1 Å². The molecule has 0 unspecified atom stereocenters. The maximum Gasteiger partial charge on any atom is 0.268 e. The van der Waals surface area contributed by atoms with E-state index < -0.39 is 15.9 Å². The minimum atomic E-state index is -4.22. The number of aryl methyl sites for hydroxylation is 1. The summed E-state index contributed by atoms with van der Waals surface area (Å²) in [6.07, 6.45) is 7.13. The molecule has 11 nitrogen and oxygen atoms in total. The SMILES string of the molecule is COCCN1CCC(Nc2ccc(S(=O)(=O)NC(=O)c3ccc(N4CCN(CC5=C(c6ccc(Cl)cc6)CC(C)(C)CC5)CC4)cc3Oc3ccc4[nH]ccc4c3)cc2C)CC1. The molecule has 3 aliphatic rings. The standard InChI is InChI=1S/C49H59ClN6O5S/c1-34-29-42(11-14-45(34)52-39-17-21-54(22-18-39)27-28-60-4)62(58,59)53-48(57)43-12-9-40(31-47(43)61-41-10-13-46-36(30-41)16-20-51-46)56-25-23-55(24-26-56)33-37-15-19-49(2,3)32-44(37)35-5-7-38(50)8-6-35/h5-14,16,20,29-31,39,51-52H,15,17-19,21-28,32-33H2,1-4H3,(H,53,57). The quantitative estimate of drug-likeness (QED) is 0.100. The maximum atomic E-state index is 14.0. The van der Waals surface area contributed by atoms with Crippen LogP contribution in [0.25, 0.3) is 16.5 Å². The van der Waals surface area contributed by atoms with Gasteiger partial charge in [-0.25, -0.2) is 13.1 Å². The second-order valence-corrected chi connectivity index (χ2v) is 20.0. The number of amides is 1. The number of anilines is 2. The van der Waals surface area contributed by atoms with Crippen LogP contribution in [-0.2, 0) is 14.8 Å². The number of nitrogens with zero attached hydrogens (tertiary/aromatic N) is 3. The fraction of sp³-hybridized carbons (Fsp3) is 0.408. The summed E-state index contributed by atoms with van der Waals surface area (Å²) in [5, 5.41) is 5.31. The molecule has 4 aromatic carbocycles. The van der Waals surface area contributed by atoms with E-state index in [2.05, 4.69) is 55.7 Å². The molecular weight excluding hydrogens is 820 g/mol. The molecule has 2 aliphatic heterocycles. The van der Waals surface area contributed by atoms with Crippen LogP contribution < -0.4 is 19.7 Å². The van der Waals surface area contributed by atoms with Crippen molar-refractivity contribution in [3.8, 4) is 11.5 Å². The Morgan fingerprint density at radius 2 is 1.68 bits per heavy atom. The van der Waals surface area contributed by atoms with Gasteiger partial charge in [-0.05, 0) is 128 Å². The summed E-state index contributed by atoms with van der Waals surface area (Å²) in [7, 11) is -2.49. The third-order valence-corrected chi connectivity index (χ3v) is 14.4. The zero-order valence-electron chi connectivity index (χ0n) is 36.3. The van der Waals surface area contributed by atoms with Crippen molar-refractivity contribution in [3.63, 3.8) is 0 Å². The van der Waals surface area contributed by atoms with Crippen LogP contribution in [0, 0.1) is 12.3 Å². The second kappa shape index (κ2) is 18.9. The molecule has 0 radical (unpaired) electrons. The lowest BCUT2D eigenvalue weighted by Gasteiger charge is -2.39. The van der Waals surface area contributed by atoms with Crippen LogP contribution in [0.15, 0.2) is 102 Å². The highest BCUT2D eigenvalue weighted by molar-refractivity contribution is 7.90. The molecule has 5 aromatic rings. The molecular formula is C49H59ClN6O5S. The molecule has 13 heteroatoms. The summed E-state index contributed by atoms with van der Waals surface area (Å²) in [6.45, 7) is 14.5. The Balaban J connectivity index is 0.969. The van der Waals surface area contributed by atoms with Crippen molar-refractivity contribution in [2.75, 3.05) is 76.3 Å². The highest BCUT2D eigenvalue weighted by atomic mass is 35.5. The van der Waals surface area contributed by atoms with Crippen LogP contribution in [0.1, 0.15) is 67.4 Å². The largest absolute Gasteiger partial charge is 0.456 e. The highest BCUT2D eigenvalue weighted by Crippen LogP contribution is 2.43. The smallest absolute Gasteiger partial charge is 0.268 e. The molecule has 1 aliphatic carbocycles. The third-order valence-electron chi connectivity index (χ3n) is 12.8. The molecule has 328 valence electrons. The van der Waals surface area contributed by atoms with E-state index in [9.17, 15) is 13.2 Å². The lowest BCUT2D eigenvalue weighted by molar-refractivity contribution is 0.0979. The van der Waals surface area contributed by atoms with Crippen LogP contribution >= 0.6 is 11.6 Å². The number of benzene rings is 4. The van der Waals surface area contributed by atoms with Crippen molar-refractivity contribution in [2.45, 2.75) is 63.8 Å². The molecule has 0 atom stereocenters. The van der Waals surface area contributed by atoms with Gasteiger partial charge in [-0.3, -0.25) is 9.69 Å². The normalized spacial score (nSPS) is 18.0. The number of hydrogen-bond acceptors (Lipinski definition) is 9. The van der Waals surface area contributed by atoms with Gasteiger partial charge in [0.2, 0.25) is 0 Å². The number of halogens is 1. The average molecular weight is 880 g/mol. The summed E-state index contributed by atoms with van der Waals surface area (Å²) < 4.78 is 41.6. The van der Waals surface area contributed by atoms with Gasteiger partial charge in [0, 0.05) is 105 Å². The number of rotatable bonds is 14. The van der Waals surface area contributed by atoms with Gasteiger partial charge in [0.25, 0.3) is 15.9 Å². The number of sulfonamides is 1. The number of H-pyrrole nitrogens is 1. The lowest BCUT2D eigenvalue weighted by Crippen LogP contribution is -2.47. The number of carbonyl (C=O) groups is 1. The van der Waals surface area contributed by atoms with Gasteiger partial charge in [-0.2, -0.15) is 0 Å². The number of piperidine rings is 1. The zero-order chi connectivity index (χ0) is 43.4. The predicted octanol–water partition coefficient (Wildman–Crippen LogP) is 9.35. The molecule has 1 amide bonds. The van der Waals surface area contributed by atoms with Gasteiger partial charge < -0.3 is 29.6 Å². The number of aromatic nitrogens is 1. The van der Waals surface area contributed by atoms with E-state index in [1.54, 1.807) is 31.4 Å². The number of allylic oxidation sites excluding steroid dienone is 1. The minimum absolute atomic E-state index is 0.0196. The number of fused-ring (bicyclic) bond motifs is 1. The van der Waals surface area contributed by atoms with Crippen molar-refractivity contribution in [2.24, 2.45) is 5.41 Å². The van der Waals surface area contributed by atoms with Crippen LogP contribution in [0.2, 0.25) is 5.02 Å². The number of carbonyl (C=O) groups excluding carboxylic acids is 1. The van der Waals surface area contributed by atoms with E-state index in [0.29, 0.717) is 11.8 Å². The number of ether oxygens (including phenoxy) is 2. The van der Waals surface area contributed by atoms with Gasteiger partial charge in [0.1, 0.15) is 11.5 Å². The van der Waals surface area contributed by atoms with E-state index in [4.69, 9.17) is 21.1 Å². The first-order valence-corrected chi connectivity index (χ1v) is 23.7. The summed E-state index contributed by atoms with van der Waals surface area (Å²) >= 11 is 6.26. The molecule has 3 heterocycles. The fourth-order valence-electron chi connectivity index (χ4n) is 9.04. The van der Waals surface area contributed by atoms with Crippen LogP contribution in [0.4, 0.5) is 11.4 Å². The van der Waals surface area contributed by atoms with E-state index in [1.807, 2.05) is 61.7 Å². The number of piperazine rings is 1. The van der Waals surface area contributed by atoms with Crippen LogP contribution in [0.5, 0.6) is 11.5 Å². The molecule has 0 saturated carbocycles. The summed E-state index contributed by atoms with van der Waals surface area (Å²) in [5.74, 6) is 0.0504. The Morgan fingerprint density at radius 1 is 0.903 bits per heavy atom. The summed E-state index contributed by atoms with van der Waals surface area (Å²) in [5.41, 5.74) is 8.13. The van der Waals surface area contributed by atoms with Crippen LogP contribution in [-0.4, -0.2) is 101 Å². The number of likely N-dealkylation sites (tertiary alicyclic amines) is 1. The Kier molecular flexibility index (Phi) is 13.3. The van der Waals surface area contributed by atoms with Gasteiger partial charge >= 0.3 is 0 Å². The number of methoxy groups -OCH3 is 1. The Labute approximate surface area is 371 Å². The summed E-state index contributed by atoms with van der Waals surface area (Å²) in [6, 6.07) is 26.5. The molecule has 1 aromatic heterocycles. The first-order chi connectivity index (χ1) is 29.8. The zero-order valence-corrected chi connectivity index (χ0v) is 37.9. The first kappa shape index (κ1) is 43.8. The van der Waals surface area contributed by atoms with E-state index in [-0.39, 0.29) is 21.6 Å². The predicted molar refractivity (Wildman–Crippen MR) is 250 cm³/mol. The van der Waals surface area contributed by atoms with Gasteiger partial charge in [-0.1, -0.05) is 43.2 Å². The fourth-order valence-corrected chi connectivity index (χ4v) is 10.2. The first-order valence-electron chi connectivity index (χ1n) is 21.8. The van der Waals surface area contributed by atoms with E-state index in [0.717, 1.165) is 118 Å². The molecule has 2 saturated heterocycles. The van der Waals surface area contributed by atoms with Crippen molar-refractivity contribution in [1.82, 2.24) is 19.5 Å². The third kappa shape index (κ3) is 10.5. The number of aromatic amines is 1. The van der Waals surface area contributed by atoms with Gasteiger partial charge in [0.15, 0.2) is 0 Å². The molecule has 0 spiro atoms. The molecule has 3 N–H and O–H groups in total. The lowest BCUT2D eigenvalue weighted by atomic mass is 9.72. The Hall–Kier alpha value is -4.85. The van der Waals surface area contributed by atoms with Gasteiger partial charge in [-0.15, -0.1) is 0 Å². The Bertz CT molecular complexity index is 2520. The van der Waals surface area contributed by atoms with Crippen molar-refractivity contribution in [1.29, 1.82) is 0 Å². The monoisotopic (exact) mass is 878 g/mol. The second-order valence-electron chi connectivity index (χ2n) is 17.9. The molecule has 8 rings (SSSR count). The van der Waals surface area contributed by atoms with E-state index >= 15 is 0 Å². The minimum Gasteiger partial charge on any atom is -0.456 e. The van der Waals surface area contributed by atoms with Gasteiger partial charge in [0.05, 0.1) is 17.1 Å². The molecule has 2 fully saturated rings. The average Bonchev–Trinajstić information content (AvgIpc) is 3.73. The van der Waals surface area contributed by atoms with Crippen molar-refractivity contribution in [3.05, 3.63) is 118 Å². The van der Waals surface area contributed by atoms with Crippen LogP contribution in [0.3, 0.4) is 0 Å². The molecule has 62 heavy (non-hydrogen) atoms. The van der Waals surface area contributed by atoms with Crippen molar-refractivity contribution < 1.29 is 22.7 Å². The Morgan fingerprint density at radius 3 is 2.42 bits per heavy atom. The highest BCUT2D eigenvalue weighted by Gasteiger charge is 2.30. The maximum absolute atomic E-state index is 14.0. The molecule has 0 bridgehead atoms. The number of hydrogen-bond donors (Lipinski definition) is 3. The summed E-state index contributed by atoms with van der Waals surface area (Å²) in [4.78, 5) is 24.5. The number of nitrogens with one attached hydrogen (secondary N) is 3. The topological polar surface area (TPSA) is 119 Å².